The number of hydrogen-bond donors (Lipinski definition) is 0. The fourth-order valence-corrected chi connectivity index (χ4v) is 8.60. The van der Waals surface area contributed by atoms with E-state index in [9.17, 15) is 0 Å². The number of hydrogen-bond acceptors (Lipinski definition) is 3. The van der Waals surface area contributed by atoms with Gasteiger partial charge in [0, 0.05) is 40.0 Å². The van der Waals surface area contributed by atoms with Crippen LogP contribution in [-0.4, -0.2) is 15.0 Å². The van der Waals surface area contributed by atoms with E-state index in [1.54, 1.807) is 0 Å². The number of rotatable bonds is 6. The van der Waals surface area contributed by atoms with Crippen LogP contribution in [0.3, 0.4) is 0 Å². The van der Waals surface area contributed by atoms with Crippen molar-refractivity contribution >= 4 is 48.7 Å². The first kappa shape index (κ1) is 33.8. The lowest BCUT2D eigenvalue weighted by atomic mass is 9.92. The van der Waals surface area contributed by atoms with E-state index >= 15 is 0 Å². The fraction of sp³-hybridized carbons (Fsp3) is 0.0364. The molecule has 2 aromatic heterocycles. The molecule has 0 atom stereocenters. The maximum atomic E-state index is 5.21. The highest BCUT2D eigenvalue weighted by molar-refractivity contribution is 6.25. The zero-order valence-electron chi connectivity index (χ0n) is 31.8. The molecule has 3 nitrogen and oxygen atoms in total. The molecule has 58 heavy (non-hydrogen) atoms. The topological polar surface area (TPSA) is 38.7 Å². The van der Waals surface area contributed by atoms with Gasteiger partial charge in [-0.05, 0) is 90.5 Å². The minimum Gasteiger partial charge on any atom is -0.263 e. The van der Waals surface area contributed by atoms with Gasteiger partial charge in [-0.1, -0.05) is 176 Å². The first-order chi connectivity index (χ1) is 28.7. The Balaban J connectivity index is 0.984. The molecule has 0 amide bonds. The van der Waals surface area contributed by atoms with Gasteiger partial charge in [0.15, 0.2) is 5.82 Å². The van der Waals surface area contributed by atoms with Crippen LogP contribution in [0, 0.1) is 0 Å². The van der Waals surface area contributed by atoms with Gasteiger partial charge in [-0.15, -0.1) is 0 Å². The minimum atomic E-state index is 0.694. The molecule has 0 bridgehead atoms. The summed E-state index contributed by atoms with van der Waals surface area (Å²) < 4.78 is 0. The van der Waals surface area contributed by atoms with Gasteiger partial charge >= 0.3 is 0 Å². The zero-order valence-corrected chi connectivity index (χ0v) is 31.8. The quantitative estimate of drug-likeness (QED) is 0.159. The van der Waals surface area contributed by atoms with Crippen LogP contribution >= 0.6 is 0 Å². The number of benzene rings is 8. The third-order valence-corrected chi connectivity index (χ3v) is 11.6. The van der Waals surface area contributed by atoms with Crippen molar-refractivity contribution in [2.75, 3.05) is 0 Å². The molecule has 0 fully saturated rings. The summed E-state index contributed by atoms with van der Waals surface area (Å²) in [5.74, 6) is 0.694. The maximum Gasteiger partial charge on any atom is 0.160 e. The molecule has 0 radical (unpaired) electrons. The number of nitrogens with zero attached hydrogens (tertiary/aromatic N) is 3. The summed E-state index contributed by atoms with van der Waals surface area (Å²) in [4.78, 5) is 14.9. The standard InChI is InChI=1S/C55H37N3/c1-2-10-36(11-3-1)37-18-24-40(25-19-37)53-33-54(41-26-22-39(23-27-41)52-35-56-34-44-12-4-5-13-45(44)52)58-55(57-53)42-28-20-38(21-29-42)43-30-31-50-48-16-7-6-14-46(48)47-15-8-9-17-49(47)51(50)32-43/h2,4-35H,1,3H2. The highest BCUT2D eigenvalue weighted by Gasteiger charge is 2.14. The molecule has 0 spiro atoms. The normalized spacial score (nSPS) is 12.7. The van der Waals surface area contributed by atoms with E-state index in [2.05, 4.69) is 193 Å². The van der Waals surface area contributed by atoms with E-state index in [1.807, 2.05) is 12.4 Å². The average Bonchev–Trinajstić information content (AvgIpc) is 3.31. The van der Waals surface area contributed by atoms with Gasteiger partial charge in [-0.2, -0.15) is 0 Å². The van der Waals surface area contributed by atoms with E-state index in [0.29, 0.717) is 5.82 Å². The predicted octanol–water partition coefficient (Wildman–Crippen LogP) is 14.6. The van der Waals surface area contributed by atoms with Crippen LogP contribution < -0.4 is 0 Å². The highest BCUT2D eigenvalue weighted by Crippen LogP contribution is 2.38. The largest absolute Gasteiger partial charge is 0.263 e. The lowest BCUT2D eigenvalue weighted by Gasteiger charge is -2.13. The molecule has 0 aliphatic heterocycles. The number of pyridine rings is 1. The van der Waals surface area contributed by atoms with Crippen LogP contribution in [0.25, 0.3) is 105 Å². The van der Waals surface area contributed by atoms with Crippen LogP contribution in [-0.2, 0) is 0 Å². The second kappa shape index (κ2) is 14.2. The Bertz CT molecular complexity index is 3210. The van der Waals surface area contributed by atoms with E-state index in [4.69, 9.17) is 9.97 Å². The third kappa shape index (κ3) is 6.05. The van der Waals surface area contributed by atoms with Crippen LogP contribution in [0.5, 0.6) is 0 Å². The lowest BCUT2D eigenvalue weighted by molar-refractivity contribution is 1.04. The van der Waals surface area contributed by atoms with Crippen molar-refractivity contribution in [3.8, 4) is 56.2 Å². The van der Waals surface area contributed by atoms with E-state index in [-0.39, 0.29) is 0 Å². The summed E-state index contributed by atoms with van der Waals surface area (Å²) >= 11 is 0. The number of aromatic nitrogens is 3. The fourth-order valence-electron chi connectivity index (χ4n) is 8.60. The van der Waals surface area contributed by atoms with Gasteiger partial charge in [0.05, 0.1) is 11.4 Å². The molecule has 1 aliphatic rings. The van der Waals surface area contributed by atoms with Gasteiger partial charge in [0.2, 0.25) is 0 Å². The van der Waals surface area contributed by atoms with Gasteiger partial charge in [0.25, 0.3) is 0 Å². The Kier molecular flexibility index (Phi) is 8.29. The smallest absolute Gasteiger partial charge is 0.160 e. The van der Waals surface area contributed by atoms with Gasteiger partial charge in [0.1, 0.15) is 0 Å². The van der Waals surface area contributed by atoms with Crippen molar-refractivity contribution in [1.82, 2.24) is 15.0 Å². The molecule has 10 aromatic rings. The Hall–Kier alpha value is -7.49. The van der Waals surface area contributed by atoms with E-state index < -0.39 is 0 Å². The molecule has 0 N–H and O–H groups in total. The SMILES string of the molecule is C1=CC(c2ccc(-c3cc(-c4ccc(-c5cncc6ccccc56)cc4)nc(-c4ccc(-c5ccc6c7ccccc7c7ccccc7c6c5)cc4)n3)cc2)=CCC1. The minimum absolute atomic E-state index is 0.694. The summed E-state index contributed by atoms with van der Waals surface area (Å²) in [7, 11) is 0. The lowest BCUT2D eigenvalue weighted by Crippen LogP contribution is -1.96. The van der Waals surface area contributed by atoms with Crippen LogP contribution in [0.2, 0.25) is 0 Å². The first-order valence-corrected chi connectivity index (χ1v) is 20.0. The van der Waals surface area contributed by atoms with Gasteiger partial charge < -0.3 is 0 Å². The summed E-state index contributed by atoms with van der Waals surface area (Å²) in [6.45, 7) is 0. The van der Waals surface area contributed by atoms with Crippen LogP contribution in [0.4, 0.5) is 0 Å². The Labute approximate surface area is 337 Å². The van der Waals surface area contributed by atoms with Crippen molar-refractivity contribution in [1.29, 1.82) is 0 Å². The van der Waals surface area contributed by atoms with Crippen molar-refractivity contribution in [3.63, 3.8) is 0 Å². The van der Waals surface area contributed by atoms with Gasteiger partial charge in [-0.25, -0.2) is 9.97 Å². The Morgan fingerprint density at radius 1 is 0.362 bits per heavy atom. The average molecular weight is 740 g/mol. The number of allylic oxidation sites excluding steroid dienone is 4. The molecule has 0 unspecified atom stereocenters. The van der Waals surface area contributed by atoms with Crippen molar-refractivity contribution in [2.45, 2.75) is 12.8 Å². The van der Waals surface area contributed by atoms with Crippen LogP contribution in [0.1, 0.15) is 18.4 Å². The molecule has 0 saturated carbocycles. The molecule has 2 heterocycles. The molecular formula is C55H37N3. The summed E-state index contributed by atoms with van der Waals surface area (Å²) in [5.41, 5.74) is 11.9. The Morgan fingerprint density at radius 3 is 1.52 bits per heavy atom. The highest BCUT2D eigenvalue weighted by atomic mass is 14.9. The van der Waals surface area contributed by atoms with Crippen molar-refractivity contribution in [2.24, 2.45) is 0 Å². The number of fused-ring (bicyclic) bond motifs is 7. The summed E-state index contributed by atoms with van der Waals surface area (Å²) in [6.07, 6.45) is 12.9. The van der Waals surface area contributed by atoms with Crippen LogP contribution in [0.15, 0.2) is 200 Å². The first-order valence-electron chi connectivity index (χ1n) is 20.0. The second-order valence-corrected chi connectivity index (χ2v) is 15.1. The molecule has 1 aliphatic carbocycles. The molecule has 0 saturated heterocycles. The van der Waals surface area contributed by atoms with Crippen molar-refractivity contribution < 1.29 is 0 Å². The molecule has 11 rings (SSSR count). The third-order valence-electron chi connectivity index (χ3n) is 11.6. The predicted molar refractivity (Wildman–Crippen MR) is 243 cm³/mol. The second-order valence-electron chi connectivity index (χ2n) is 15.1. The molecule has 272 valence electrons. The van der Waals surface area contributed by atoms with Gasteiger partial charge in [-0.3, -0.25) is 4.98 Å². The summed E-state index contributed by atoms with van der Waals surface area (Å²) in [5, 5.41) is 9.98. The Morgan fingerprint density at radius 2 is 0.879 bits per heavy atom. The molecule has 8 aromatic carbocycles. The van der Waals surface area contributed by atoms with E-state index in [0.717, 1.165) is 63.0 Å². The molecule has 3 heteroatoms. The maximum absolute atomic E-state index is 5.21. The van der Waals surface area contributed by atoms with E-state index in [1.165, 1.54) is 54.4 Å². The monoisotopic (exact) mass is 739 g/mol. The summed E-state index contributed by atoms with van der Waals surface area (Å²) in [6, 6.07) is 61.0. The molecular weight excluding hydrogens is 703 g/mol. The van der Waals surface area contributed by atoms with Crippen molar-refractivity contribution in [3.05, 3.63) is 206 Å². The zero-order chi connectivity index (χ0) is 38.4.